The standard InChI is InChI=1S/C27H37NO3/c1-27(2,3)26(29)31-28-16-15-24(22-10-5-4-6-11-22)25(18-28)30-19-20-13-14-21-9-7-8-12-23(21)17-20/h7-9,12-14,17,22,24-25H,4-6,10-11,15-16,18-19H2,1-3H3. The molecule has 0 radical (unpaired) electrons. The minimum atomic E-state index is -0.498. The minimum absolute atomic E-state index is 0.0936. The van der Waals surface area contributed by atoms with Crippen molar-refractivity contribution < 1.29 is 14.4 Å². The Morgan fingerprint density at radius 2 is 1.74 bits per heavy atom. The maximum Gasteiger partial charge on any atom is 0.330 e. The molecule has 1 aliphatic heterocycles. The number of hydroxylamine groups is 2. The summed E-state index contributed by atoms with van der Waals surface area (Å²) in [5.41, 5.74) is 0.701. The second-order valence-electron chi connectivity index (χ2n) is 10.4. The first-order valence-corrected chi connectivity index (χ1v) is 12.0. The molecule has 31 heavy (non-hydrogen) atoms. The van der Waals surface area contributed by atoms with Gasteiger partial charge in [-0.25, -0.2) is 4.79 Å². The van der Waals surface area contributed by atoms with E-state index in [4.69, 9.17) is 9.57 Å². The molecule has 2 fully saturated rings. The molecule has 1 heterocycles. The summed E-state index contributed by atoms with van der Waals surface area (Å²) in [6, 6.07) is 15.0. The topological polar surface area (TPSA) is 38.8 Å². The Morgan fingerprint density at radius 3 is 2.48 bits per heavy atom. The largest absolute Gasteiger partial charge is 0.372 e. The monoisotopic (exact) mass is 423 g/mol. The zero-order valence-corrected chi connectivity index (χ0v) is 19.3. The number of rotatable bonds is 5. The molecule has 2 atom stereocenters. The average molecular weight is 424 g/mol. The van der Waals surface area contributed by atoms with Crippen molar-refractivity contribution in [2.24, 2.45) is 17.3 Å². The van der Waals surface area contributed by atoms with Crippen molar-refractivity contribution in [2.45, 2.75) is 72.0 Å². The van der Waals surface area contributed by atoms with Crippen LogP contribution >= 0.6 is 0 Å². The van der Waals surface area contributed by atoms with Crippen molar-refractivity contribution in [3.05, 3.63) is 48.0 Å². The molecule has 2 aromatic rings. The Balaban J connectivity index is 1.45. The van der Waals surface area contributed by atoms with Crippen LogP contribution in [0.15, 0.2) is 42.5 Å². The summed E-state index contributed by atoms with van der Waals surface area (Å²) in [5, 5.41) is 4.35. The maximum absolute atomic E-state index is 12.4. The van der Waals surface area contributed by atoms with Crippen LogP contribution in [-0.4, -0.2) is 30.2 Å². The van der Waals surface area contributed by atoms with E-state index in [1.807, 2.05) is 25.8 Å². The van der Waals surface area contributed by atoms with Crippen LogP contribution in [0.2, 0.25) is 0 Å². The van der Waals surface area contributed by atoms with E-state index in [-0.39, 0.29) is 12.1 Å². The van der Waals surface area contributed by atoms with E-state index in [1.54, 1.807) is 0 Å². The number of carbonyl (C=O) groups is 1. The van der Waals surface area contributed by atoms with Gasteiger partial charge in [0.05, 0.1) is 24.7 Å². The third kappa shape index (κ3) is 5.67. The molecule has 0 aromatic heterocycles. The van der Waals surface area contributed by atoms with Gasteiger partial charge in [0.1, 0.15) is 0 Å². The van der Waals surface area contributed by atoms with Gasteiger partial charge in [-0.05, 0) is 61.4 Å². The maximum atomic E-state index is 12.4. The van der Waals surface area contributed by atoms with E-state index < -0.39 is 5.41 Å². The first kappa shape index (κ1) is 22.3. The smallest absolute Gasteiger partial charge is 0.330 e. The number of benzene rings is 2. The highest BCUT2D eigenvalue weighted by Gasteiger charge is 2.38. The molecule has 1 saturated heterocycles. The Bertz CT molecular complexity index is 881. The summed E-state index contributed by atoms with van der Waals surface area (Å²) >= 11 is 0. The Hall–Kier alpha value is -1.91. The van der Waals surface area contributed by atoms with E-state index in [9.17, 15) is 4.79 Å². The molecule has 0 bridgehead atoms. The van der Waals surface area contributed by atoms with Crippen LogP contribution in [0.25, 0.3) is 10.8 Å². The molecular formula is C27H37NO3. The number of nitrogens with zero attached hydrogens (tertiary/aromatic N) is 1. The summed E-state index contributed by atoms with van der Waals surface area (Å²) in [6.45, 7) is 7.77. The van der Waals surface area contributed by atoms with Gasteiger partial charge in [-0.1, -0.05) is 68.5 Å². The van der Waals surface area contributed by atoms with Crippen LogP contribution in [0, 0.1) is 17.3 Å². The lowest BCUT2D eigenvalue weighted by Crippen LogP contribution is -2.49. The van der Waals surface area contributed by atoms with E-state index >= 15 is 0 Å². The third-order valence-electron chi connectivity index (χ3n) is 6.93. The van der Waals surface area contributed by atoms with Gasteiger partial charge in [-0.2, -0.15) is 0 Å². The Kier molecular flexibility index (Phi) is 6.98. The fourth-order valence-electron chi connectivity index (χ4n) is 5.05. The fourth-order valence-corrected chi connectivity index (χ4v) is 5.05. The molecule has 4 rings (SSSR count). The number of hydrogen-bond donors (Lipinski definition) is 0. The number of piperidine rings is 1. The lowest BCUT2D eigenvalue weighted by molar-refractivity contribution is -0.222. The van der Waals surface area contributed by atoms with Crippen molar-refractivity contribution in [1.29, 1.82) is 0 Å². The number of ether oxygens (including phenoxy) is 1. The first-order valence-electron chi connectivity index (χ1n) is 12.0. The Morgan fingerprint density at radius 1 is 1.00 bits per heavy atom. The quantitative estimate of drug-likeness (QED) is 0.580. The highest BCUT2D eigenvalue weighted by Crippen LogP contribution is 2.37. The fraction of sp³-hybridized carbons (Fsp3) is 0.593. The van der Waals surface area contributed by atoms with Gasteiger partial charge in [-0.3, -0.25) is 0 Å². The van der Waals surface area contributed by atoms with Crippen molar-refractivity contribution >= 4 is 16.7 Å². The van der Waals surface area contributed by atoms with Gasteiger partial charge in [0.25, 0.3) is 0 Å². The van der Waals surface area contributed by atoms with Gasteiger partial charge in [0.2, 0.25) is 0 Å². The molecule has 0 amide bonds. The zero-order chi connectivity index (χ0) is 21.8. The average Bonchev–Trinajstić information content (AvgIpc) is 2.77. The summed E-state index contributed by atoms with van der Waals surface area (Å²) in [4.78, 5) is 18.2. The number of carbonyl (C=O) groups excluding carboxylic acids is 1. The predicted octanol–water partition coefficient (Wildman–Crippen LogP) is 6.13. The summed E-state index contributed by atoms with van der Waals surface area (Å²) in [5.74, 6) is 1.11. The first-order chi connectivity index (χ1) is 14.9. The van der Waals surface area contributed by atoms with E-state index in [2.05, 4.69) is 42.5 Å². The van der Waals surface area contributed by atoms with E-state index in [0.29, 0.717) is 19.1 Å². The van der Waals surface area contributed by atoms with Crippen molar-refractivity contribution in [2.75, 3.05) is 13.1 Å². The van der Waals surface area contributed by atoms with Crippen LogP contribution in [0.1, 0.15) is 64.9 Å². The third-order valence-corrected chi connectivity index (χ3v) is 6.93. The predicted molar refractivity (Wildman–Crippen MR) is 124 cm³/mol. The highest BCUT2D eigenvalue weighted by atomic mass is 16.7. The molecule has 1 saturated carbocycles. The molecule has 4 heteroatoms. The number of hydrogen-bond acceptors (Lipinski definition) is 4. The van der Waals surface area contributed by atoms with Gasteiger partial charge in [-0.15, -0.1) is 5.06 Å². The van der Waals surface area contributed by atoms with Gasteiger partial charge < -0.3 is 9.57 Å². The second kappa shape index (κ2) is 9.70. The normalized spacial score (nSPS) is 23.7. The summed E-state index contributed by atoms with van der Waals surface area (Å²) in [7, 11) is 0. The van der Waals surface area contributed by atoms with Crippen LogP contribution in [0.5, 0.6) is 0 Å². The molecule has 2 unspecified atom stereocenters. The van der Waals surface area contributed by atoms with Gasteiger partial charge >= 0.3 is 5.97 Å². The molecule has 0 spiro atoms. The number of fused-ring (bicyclic) bond motifs is 1. The zero-order valence-electron chi connectivity index (χ0n) is 19.3. The van der Waals surface area contributed by atoms with Crippen molar-refractivity contribution in [3.63, 3.8) is 0 Å². The van der Waals surface area contributed by atoms with E-state index in [0.717, 1.165) is 18.9 Å². The summed E-state index contributed by atoms with van der Waals surface area (Å²) in [6.07, 6.45) is 7.77. The molecule has 2 aliphatic rings. The lowest BCUT2D eigenvalue weighted by Gasteiger charge is -2.42. The highest BCUT2D eigenvalue weighted by molar-refractivity contribution is 5.82. The minimum Gasteiger partial charge on any atom is -0.372 e. The molecule has 2 aromatic carbocycles. The van der Waals surface area contributed by atoms with Gasteiger partial charge in [0, 0.05) is 6.54 Å². The molecule has 1 aliphatic carbocycles. The van der Waals surface area contributed by atoms with Crippen LogP contribution in [0.3, 0.4) is 0 Å². The van der Waals surface area contributed by atoms with Gasteiger partial charge in [0.15, 0.2) is 0 Å². The van der Waals surface area contributed by atoms with Crippen LogP contribution in [-0.2, 0) is 21.0 Å². The second-order valence-corrected chi connectivity index (χ2v) is 10.4. The van der Waals surface area contributed by atoms with E-state index in [1.165, 1.54) is 48.4 Å². The SMILES string of the molecule is CC(C)(C)C(=O)ON1CCC(C2CCCCC2)C(OCc2ccc3ccccc3c2)C1. The molecule has 4 nitrogen and oxygen atoms in total. The van der Waals surface area contributed by atoms with Crippen molar-refractivity contribution in [3.8, 4) is 0 Å². The summed E-state index contributed by atoms with van der Waals surface area (Å²) < 4.78 is 6.55. The molecule has 0 N–H and O–H groups in total. The lowest BCUT2D eigenvalue weighted by atomic mass is 9.74. The molecular weight excluding hydrogens is 386 g/mol. The van der Waals surface area contributed by atoms with Crippen LogP contribution < -0.4 is 0 Å². The van der Waals surface area contributed by atoms with Crippen LogP contribution in [0.4, 0.5) is 0 Å². The Labute approximate surface area is 186 Å². The molecule has 168 valence electrons. The van der Waals surface area contributed by atoms with Crippen molar-refractivity contribution in [1.82, 2.24) is 5.06 Å².